The molecule has 0 bridgehead atoms. The molecule has 0 saturated heterocycles. The summed E-state index contributed by atoms with van der Waals surface area (Å²) in [5.74, 6) is 0. The van der Waals surface area contributed by atoms with Gasteiger partial charge in [-0.2, -0.15) is 0 Å². The Hall–Kier alpha value is -0.0600. The molecule has 1 atom stereocenters. The van der Waals surface area contributed by atoms with Crippen molar-refractivity contribution in [1.82, 2.24) is 5.32 Å². The molecule has 18 heavy (non-hydrogen) atoms. The molecule has 1 N–H and O–H groups in total. The van der Waals surface area contributed by atoms with E-state index in [0.717, 1.165) is 25.9 Å². The van der Waals surface area contributed by atoms with Crippen LogP contribution < -0.4 is 5.32 Å². The fraction of sp³-hybridized carbons (Fsp3) is 0.231. The lowest BCUT2D eigenvalue weighted by atomic mass is 10.1. The number of nitrogens with one attached hydrogen (secondary N) is 1. The molecule has 0 aliphatic heterocycles. The van der Waals surface area contributed by atoms with Crippen LogP contribution in [0.15, 0.2) is 34.8 Å². The highest BCUT2D eigenvalue weighted by Gasteiger charge is 2.18. The van der Waals surface area contributed by atoms with E-state index in [-0.39, 0.29) is 6.04 Å². The molecule has 0 saturated carbocycles. The van der Waals surface area contributed by atoms with Gasteiger partial charge < -0.3 is 5.32 Å². The molecule has 1 heterocycles. The zero-order valence-electron chi connectivity index (χ0n) is 9.71. The average molecular weight is 365 g/mol. The highest BCUT2D eigenvalue weighted by molar-refractivity contribution is 9.10. The molecule has 0 fully saturated rings. The standard InChI is InChI=1S/C13H12BrCl2NS/c1-2-17-13(10-6-7-11(15)18-10)8-4-3-5-9(14)12(8)16/h3-7,13,17H,2H2,1H3. The van der Waals surface area contributed by atoms with Crippen molar-refractivity contribution < 1.29 is 0 Å². The van der Waals surface area contributed by atoms with Crippen LogP contribution in [0.5, 0.6) is 0 Å². The molecule has 5 heteroatoms. The predicted octanol–water partition coefficient (Wildman–Crippen LogP) is 5.52. The fourth-order valence-corrected chi connectivity index (χ4v) is 3.57. The quantitative estimate of drug-likeness (QED) is 0.753. The molecule has 1 nitrogen and oxygen atoms in total. The third kappa shape index (κ3) is 3.09. The molecule has 2 aromatic rings. The molecule has 96 valence electrons. The summed E-state index contributed by atoms with van der Waals surface area (Å²) in [6.07, 6.45) is 0. The molecule has 1 unspecified atom stereocenters. The van der Waals surface area contributed by atoms with Gasteiger partial charge in [0.15, 0.2) is 0 Å². The van der Waals surface area contributed by atoms with E-state index in [0.29, 0.717) is 0 Å². The zero-order chi connectivity index (χ0) is 13.1. The lowest BCUT2D eigenvalue weighted by Gasteiger charge is -2.18. The molecular formula is C13H12BrCl2NS. The van der Waals surface area contributed by atoms with Crippen molar-refractivity contribution >= 4 is 50.5 Å². The van der Waals surface area contributed by atoms with E-state index >= 15 is 0 Å². The van der Waals surface area contributed by atoms with Gasteiger partial charge in [-0.1, -0.05) is 42.3 Å². The number of hydrogen-bond acceptors (Lipinski definition) is 2. The van der Waals surface area contributed by atoms with Gasteiger partial charge in [-0.3, -0.25) is 0 Å². The summed E-state index contributed by atoms with van der Waals surface area (Å²) in [4.78, 5) is 1.17. The Morgan fingerprint density at radius 3 is 2.67 bits per heavy atom. The van der Waals surface area contributed by atoms with Gasteiger partial charge >= 0.3 is 0 Å². The SMILES string of the molecule is CCNC(c1ccc(Cl)s1)c1cccc(Br)c1Cl. The highest BCUT2D eigenvalue weighted by atomic mass is 79.9. The third-order valence-corrected chi connectivity index (χ3v) is 5.19. The largest absolute Gasteiger partial charge is 0.306 e. The minimum atomic E-state index is 0.0810. The first-order valence-electron chi connectivity index (χ1n) is 5.56. The fourth-order valence-electron chi connectivity index (χ4n) is 1.79. The second kappa shape index (κ2) is 6.40. The first-order valence-corrected chi connectivity index (χ1v) is 7.92. The van der Waals surface area contributed by atoms with Crippen LogP contribution in [-0.2, 0) is 0 Å². The van der Waals surface area contributed by atoms with Crippen LogP contribution in [0.25, 0.3) is 0 Å². The van der Waals surface area contributed by atoms with Crippen molar-refractivity contribution in [3.63, 3.8) is 0 Å². The van der Waals surface area contributed by atoms with Crippen LogP contribution in [0.2, 0.25) is 9.36 Å². The summed E-state index contributed by atoms with van der Waals surface area (Å²) in [5.41, 5.74) is 1.06. The Labute approximate surface area is 129 Å². The van der Waals surface area contributed by atoms with Crippen molar-refractivity contribution in [2.45, 2.75) is 13.0 Å². The van der Waals surface area contributed by atoms with E-state index in [1.54, 1.807) is 11.3 Å². The van der Waals surface area contributed by atoms with E-state index in [2.05, 4.69) is 28.2 Å². The molecule has 0 aliphatic carbocycles. The summed E-state index contributed by atoms with van der Waals surface area (Å²) < 4.78 is 1.70. The summed E-state index contributed by atoms with van der Waals surface area (Å²) >= 11 is 17.4. The van der Waals surface area contributed by atoms with E-state index in [1.807, 2.05) is 30.3 Å². The van der Waals surface area contributed by atoms with Gasteiger partial charge in [0.05, 0.1) is 15.4 Å². The Kier molecular flexibility index (Phi) is 5.10. The van der Waals surface area contributed by atoms with E-state index in [9.17, 15) is 0 Å². The van der Waals surface area contributed by atoms with E-state index in [1.165, 1.54) is 4.88 Å². The van der Waals surface area contributed by atoms with E-state index < -0.39 is 0 Å². The van der Waals surface area contributed by atoms with Crippen LogP contribution >= 0.6 is 50.5 Å². The Bertz CT molecular complexity index is 542. The monoisotopic (exact) mass is 363 g/mol. The van der Waals surface area contributed by atoms with Gasteiger partial charge in [0.2, 0.25) is 0 Å². The van der Waals surface area contributed by atoms with Gasteiger partial charge in [0.1, 0.15) is 0 Å². The van der Waals surface area contributed by atoms with Crippen LogP contribution in [0.1, 0.15) is 23.4 Å². The number of rotatable bonds is 4. The van der Waals surface area contributed by atoms with Crippen molar-refractivity contribution in [3.8, 4) is 0 Å². The maximum atomic E-state index is 6.37. The zero-order valence-corrected chi connectivity index (χ0v) is 13.6. The average Bonchev–Trinajstić information content (AvgIpc) is 2.77. The number of hydrogen-bond donors (Lipinski definition) is 1. The number of benzene rings is 1. The van der Waals surface area contributed by atoms with E-state index in [4.69, 9.17) is 23.2 Å². The smallest absolute Gasteiger partial charge is 0.0931 e. The second-order valence-electron chi connectivity index (χ2n) is 3.78. The topological polar surface area (TPSA) is 12.0 Å². The van der Waals surface area contributed by atoms with Gasteiger partial charge in [0.25, 0.3) is 0 Å². The highest BCUT2D eigenvalue weighted by Crippen LogP contribution is 2.36. The Morgan fingerprint density at radius 1 is 1.28 bits per heavy atom. The third-order valence-electron chi connectivity index (χ3n) is 2.58. The Morgan fingerprint density at radius 2 is 2.06 bits per heavy atom. The first-order chi connectivity index (χ1) is 8.63. The number of thiophene rings is 1. The maximum absolute atomic E-state index is 6.37. The van der Waals surface area contributed by atoms with Crippen molar-refractivity contribution in [2.75, 3.05) is 6.54 Å². The molecule has 1 aromatic carbocycles. The molecule has 0 radical (unpaired) electrons. The molecular weight excluding hydrogens is 353 g/mol. The molecule has 2 rings (SSSR count). The molecule has 0 spiro atoms. The van der Waals surface area contributed by atoms with Gasteiger partial charge in [0, 0.05) is 9.35 Å². The van der Waals surface area contributed by atoms with Crippen molar-refractivity contribution in [1.29, 1.82) is 0 Å². The van der Waals surface area contributed by atoms with Crippen LogP contribution in [-0.4, -0.2) is 6.54 Å². The van der Waals surface area contributed by atoms with Crippen LogP contribution in [0.3, 0.4) is 0 Å². The van der Waals surface area contributed by atoms with Crippen molar-refractivity contribution in [2.24, 2.45) is 0 Å². The minimum Gasteiger partial charge on any atom is -0.306 e. The summed E-state index contributed by atoms with van der Waals surface area (Å²) in [7, 11) is 0. The summed E-state index contributed by atoms with van der Waals surface area (Å²) in [5, 5.41) is 4.19. The van der Waals surface area contributed by atoms with Gasteiger partial charge in [-0.15, -0.1) is 11.3 Å². The van der Waals surface area contributed by atoms with Gasteiger partial charge in [-0.25, -0.2) is 0 Å². The molecule has 0 aliphatic rings. The van der Waals surface area contributed by atoms with Crippen LogP contribution in [0.4, 0.5) is 0 Å². The Balaban J connectivity index is 2.44. The molecule has 0 amide bonds. The lowest BCUT2D eigenvalue weighted by Crippen LogP contribution is -2.21. The second-order valence-corrected chi connectivity index (χ2v) is 6.75. The summed E-state index contributed by atoms with van der Waals surface area (Å²) in [6.45, 7) is 2.94. The predicted molar refractivity (Wildman–Crippen MR) is 84.0 cm³/mol. The maximum Gasteiger partial charge on any atom is 0.0931 e. The van der Waals surface area contributed by atoms with Gasteiger partial charge in [-0.05, 0) is 46.2 Å². The minimum absolute atomic E-state index is 0.0810. The number of halogens is 3. The first kappa shape index (κ1) is 14.4. The normalized spacial score (nSPS) is 12.7. The summed E-state index contributed by atoms with van der Waals surface area (Å²) in [6, 6.07) is 10.0. The van der Waals surface area contributed by atoms with Crippen molar-refractivity contribution in [3.05, 3.63) is 54.6 Å². The van der Waals surface area contributed by atoms with Crippen LogP contribution in [0, 0.1) is 0 Å². The lowest BCUT2D eigenvalue weighted by molar-refractivity contribution is 0.639. The molecule has 1 aromatic heterocycles.